The first-order valence-corrected chi connectivity index (χ1v) is 8.94. The van der Waals surface area contributed by atoms with E-state index in [1.165, 1.54) is 47.7 Å². The second kappa shape index (κ2) is 7.61. The molecule has 1 fully saturated rings. The summed E-state index contributed by atoms with van der Waals surface area (Å²) in [6.45, 7) is 7.79. The van der Waals surface area contributed by atoms with Gasteiger partial charge in [0.25, 0.3) is 0 Å². The molecular formula is C18H28BrN. The van der Waals surface area contributed by atoms with E-state index in [4.69, 9.17) is 0 Å². The lowest BCUT2D eigenvalue weighted by Gasteiger charge is -2.35. The summed E-state index contributed by atoms with van der Waals surface area (Å²) in [6.07, 6.45) is 6.92. The van der Waals surface area contributed by atoms with Crippen LogP contribution in [0.2, 0.25) is 0 Å². The highest BCUT2D eigenvalue weighted by Gasteiger charge is 2.29. The lowest BCUT2D eigenvalue weighted by Crippen LogP contribution is -2.32. The molecule has 1 aliphatic rings. The Balaban J connectivity index is 2.23. The highest BCUT2D eigenvalue weighted by molar-refractivity contribution is 9.10. The van der Waals surface area contributed by atoms with Crippen molar-refractivity contribution in [1.82, 2.24) is 5.32 Å². The average Bonchev–Trinajstić information content (AvgIpc) is 2.47. The highest BCUT2D eigenvalue weighted by Crippen LogP contribution is 2.40. The Morgan fingerprint density at radius 1 is 1.30 bits per heavy atom. The molecule has 1 saturated carbocycles. The molecule has 0 aliphatic heterocycles. The minimum atomic E-state index is 0.503. The molecule has 3 atom stereocenters. The second-order valence-corrected chi connectivity index (χ2v) is 7.12. The number of nitrogens with one attached hydrogen (secondary N) is 1. The Morgan fingerprint density at radius 3 is 2.80 bits per heavy atom. The van der Waals surface area contributed by atoms with Crippen LogP contribution in [0.4, 0.5) is 0 Å². The van der Waals surface area contributed by atoms with Crippen LogP contribution < -0.4 is 5.32 Å². The molecule has 1 N–H and O–H groups in total. The van der Waals surface area contributed by atoms with E-state index in [1.807, 2.05) is 0 Å². The van der Waals surface area contributed by atoms with Gasteiger partial charge in [0.2, 0.25) is 0 Å². The maximum Gasteiger partial charge on any atom is 0.0359 e. The van der Waals surface area contributed by atoms with Gasteiger partial charge in [-0.05, 0) is 49.8 Å². The normalized spacial score (nSPS) is 24.6. The third kappa shape index (κ3) is 3.85. The molecule has 0 heterocycles. The van der Waals surface area contributed by atoms with Crippen LogP contribution >= 0.6 is 15.9 Å². The Kier molecular flexibility index (Phi) is 6.10. The van der Waals surface area contributed by atoms with Crippen molar-refractivity contribution in [3.63, 3.8) is 0 Å². The van der Waals surface area contributed by atoms with Gasteiger partial charge >= 0.3 is 0 Å². The van der Waals surface area contributed by atoms with Gasteiger partial charge in [-0.2, -0.15) is 0 Å². The second-order valence-electron chi connectivity index (χ2n) is 6.26. The fourth-order valence-electron chi connectivity index (χ4n) is 3.66. The summed E-state index contributed by atoms with van der Waals surface area (Å²) in [5, 5.41) is 3.75. The predicted molar refractivity (Wildman–Crippen MR) is 91.0 cm³/mol. The topological polar surface area (TPSA) is 12.0 Å². The fourth-order valence-corrected chi connectivity index (χ4v) is 4.15. The third-order valence-electron chi connectivity index (χ3n) is 4.78. The molecule has 1 aromatic carbocycles. The quantitative estimate of drug-likeness (QED) is 0.734. The standard InChI is InChI=1S/C18H28BrN/c1-4-14-7-6-8-15(12-14)18(20-5-2)16-11-13(3)9-10-17(16)19/h9-11,14-15,18,20H,4-8,12H2,1-3H3. The molecule has 20 heavy (non-hydrogen) atoms. The monoisotopic (exact) mass is 337 g/mol. The van der Waals surface area contributed by atoms with Crippen molar-refractivity contribution < 1.29 is 0 Å². The molecule has 1 aliphatic carbocycles. The number of hydrogen-bond donors (Lipinski definition) is 1. The number of benzene rings is 1. The zero-order valence-corrected chi connectivity index (χ0v) is 14.7. The maximum absolute atomic E-state index is 3.76. The maximum atomic E-state index is 3.76. The summed E-state index contributed by atoms with van der Waals surface area (Å²) in [5.41, 5.74) is 2.81. The smallest absolute Gasteiger partial charge is 0.0359 e. The zero-order valence-electron chi connectivity index (χ0n) is 13.1. The van der Waals surface area contributed by atoms with Gasteiger partial charge in [0.1, 0.15) is 0 Å². The van der Waals surface area contributed by atoms with E-state index in [1.54, 1.807) is 0 Å². The van der Waals surface area contributed by atoms with Crippen LogP contribution in [0.5, 0.6) is 0 Å². The lowest BCUT2D eigenvalue weighted by molar-refractivity contribution is 0.210. The first-order chi connectivity index (χ1) is 9.65. The number of hydrogen-bond acceptors (Lipinski definition) is 1. The van der Waals surface area contributed by atoms with Crippen LogP contribution in [0, 0.1) is 18.8 Å². The summed E-state index contributed by atoms with van der Waals surface area (Å²) in [6, 6.07) is 7.25. The van der Waals surface area contributed by atoms with E-state index >= 15 is 0 Å². The van der Waals surface area contributed by atoms with Gasteiger partial charge in [0.05, 0.1) is 0 Å². The Bertz CT molecular complexity index is 429. The predicted octanol–water partition coefficient (Wildman–Crippen LogP) is 5.62. The molecule has 1 nitrogen and oxygen atoms in total. The summed E-state index contributed by atoms with van der Waals surface area (Å²) >= 11 is 3.76. The van der Waals surface area contributed by atoms with Crippen LogP contribution in [0.25, 0.3) is 0 Å². The molecule has 0 spiro atoms. The van der Waals surface area contributed by atoms with E-state index in [0.717, 1.165) is 18.4 Å². The minimum absolute atomic E-state index is 0.503. The molecule has 0 amide bonds. The van der Waals surface area contributed by atoms with Crippen molar-refractivity contribution >= 4 is 15.9 Å². The zero-order chi connectivity index (χ0) is 14.5. The molecular weight excluding hydrogens is 310 g/mol. The van der Waals surface area contributed by atoms with Crippen LogP contribution in [0.15, 0.2) is 22.7 Å². The Hall–Kier alpha value is -0.340. The molecule has 0 aromatic heterocycles. The van der Waals surface area contributed by atoms with Gasteiger partial charge in [-0.15, -0.1) is 0 Å². The number of halogens is 1. The van der Waals surface area contributed by atoms with Crippen LogP contribution in [0.1, 0.15) is 63.1 Å². The van der Waals surface area contributed by atoms with Gasteiger partial charge in [0, 0.05) is 10.5 Å². The van der Waals surface area contributed by atoms with Crippen molar-refractivity contribution in [3.8, 4) is 0 Å². The number of rotatable bonds is 5. The summed E-state index contributed by atoms with van der Waals surface area (Å²) < 4.78 is 1.26. The summed E-state index contributed by atoms with van der Waals surface area (Å²) in [5.74, 6) is 1.71. The molecule has 3 unspecified atom stereocenters. The van der Waals surface area contributed by atoms with Crippen molar-refractivity contribution in [3.05, 3.63) is 33.8 Å². The van der Waals surface area contributed by atoms with Gasteiger partial charge in [-0.3, -0.25) is 0 Å². The van der Waals surface area contributed by atoms with Gasteiger partial charge in [-0.1, -0.05) is 66.7 Å². The Labute approximate surface area is 132 Å². The van der Waals surface area contributed by atoms with Gasteiger partial charge in [0.15, 0.2) is 0 Å². The van der Waals surface area contributed by atoms with E-state index in [9.17, 15) is 0 Å². The molecule has 0 saturated heterocycles. The van der Waals surface area contributed by atoms with E-state index < -0.39 is 0 Å². The molecule has 2 rings (SSSR count). The highest BCUT2D eigenvalue weighted by atomic mass is 79.9. The van der Waals surface area contributed by atoms with Crippen LogP contribution in [-0.2, 0) is 0 Å². The minimum Gasteiger partial charge on any atom is -0.310 e. The van der Waals surface area contributed by atoms with Crippen LogP contribution in [-0.4, -0.2) is 6.54 Å². The fraction of sp³-hybridized carbons (Fsp3) is 0.667. The SMILES string of the molecule is CCNC(c1cc(C)ccc1Br)C1CCCC(CC)C1. The van der Waals surface area contributed by atoms with Crippen LogP contribution in [0.3, 0.4) is 0 Å². The molecule has 2 heteroatoms. The molecule has 0 radical (unpaired) electrons. The Morgan fingerprint density at radius 2 is 2.10 bits per heavy atom. The summed E-state index contributed by atoms with van der Waals surface area (Å²) in [4.78, 5) is 0. The lowest BCUT2D eigenvalue weighted by atomic mass is 9.75. The van der Waals surface area contributed by atoms with Gasteiger partial charge in [-0.25, -0.2) is 0 Å². The first kappa shape index (κ1) is 16.0. The van der Waals surface area contributed by atoms with Crippen molar-refractivity contribution in [2.45, 2.75) is 58.9 Å². The van der Waals surface area contributed by atoms with E-state index in [0.29, 0.717) is 6.04 Å². The van der Waals surface area contributed by atoms with Crippen molar-refractivity contribution in [1.29, 1.82) is 0 Å². The molecule has 0 bridgehead atoms. The average molecular weight is 338 g/mol. The third-order valence-corrected chi connectivity index (χ3v) is 5.50. The van der Waals surface area contributed by atoms with E-state index in [-0.39, 0.29) is 0 Å². The van der Waals surface area contributed by atoms with E-state index in [2.05, 4.69) is 60.2 Å². The molecule has 112 valence electrons. The largest absolute Gasteiger partial charge is 0.310 e. The number of aryl methyl sites for hydroxylation is 1. The van der Waals surface area contributed by atoms with Crippen molar-refractivity contribution in [2.75, 3.05) is 6.54 Å². The molecule has 1 aromatic rings. The summed E-state index contributed by atoms with van der Waals surface area (Å²) in [7, 11) is 0. The van der Waals surface area contributed by atoms with Crippen molar-refractivity contribution in [2.24, 2.45) is 11.8 Å². The first-order valence-electron chi connectivity index (χ1n) is 8.15. The van der Waals surface area contributed by atoms with Gasteiger partial charge < -0.3 is 5.32 Å².